The summed E-state index contributed by atoms with van der Waals surface area (Å²) in [6, 6.07) is 10.8. The molecule has 0 bridgehead atoms. The van der Waals surface area contributed by atoms with Crippen LogP contribution in [0.4, 0.5) is 0 Å². The van der Waals surface area contributed by atoms with Gasteiger partial charge in [-0.3, -0.25) is 9.59 Å². The maximum absolute atomic E-state index is 13.3. The molecule has 1 atom stereocenters. The summed E-state index contributed by atoms with van der Waals surface area (Å²) in [7, 11) is 1.58. The maximum atomic E-state index is 13.3. The molecule has 0 saturated carbocycles. The van der Waals surface area contributed by atoms with Crippen molar-refractivity contribution in [2.24, 2.45) is 0 Å². The summed E-state index contributed by atoms with van der Waals surface area (Å²) < 4.78 is 17.0. The minimum atomic E-state index is -0.304. The molecule has 0 aliphatic carbocycles. The molecule has 6 heteroatoms. The topological polar surface area (TPSA) is 77.8 Å². The molecule has 0 aliphatic rings. The van der Waals surface area contributed by atoms with Gasteiger partial charge in [0, 0.05) is 11.6 Å². The van der Waals surface area contributed by atoms with Crippen molar-refractivity contribution in [3.63, 3.8) is 0 Å². The lowest BCUT2D eigenvalue weighted by molar-refractivity contribution is -0.123. The monoisotopic (exact) mass is 409 g/mol. The van der Waals surface area contributed by atoms with Crippen LogP contribution in [0, 0.1) is 13.8 Å². The van der Waals surface area contributed by atoms with E-state index in [-0.39, 0.29) is 35.5 Å². The number of nitrogens with one attached hydrogen (secondary N) is 1. The summed E-state index contributed by atoms with van der Waals surface area (Å²) in [5.74, 6) is 0.707. The van der Waals surface area contributed by atoms with Gasteiger partial charge in [-0.25, -0.2) is 0 Å². The second-order valence-electron chi connectivity index (χ2n) is 7.42. The Morgan fingerprint density at radius 1 is 1.13 bits per heavy atom. The molecule has 0 radical (unpaired) electrons. The highest BCUT2D eigenvalue weighted by Gasteiger charge is 2.20. The predicted molar refractivity (Wildman–Crippen MR) is 117 cm³/mol. The van der Waals surface area contributed by atoms with Crippen LogP contribution in [0.15, 0.2) is 45.6 Å². The molecule has 158 valence electrons. The summed E-state index contributed by atoms with van der Waals surface area (Å²) >= 11 is 0. The number of rotatable bonds is 7. The number of amides is 1. The SMILES string of the molecule is CC[C@@H](C)NC(=O)COc1c(-c2ccc(OC)cc2)oc2cc(C)c(C)cc2c1=O. The zero-order chi connectivity index (χ0) is 21.8. The first-order chi connectivity index (χ1) is 14.3. The van der Waals surface area contributed by atoms with E-state index in [1.165, 1.54) is 0 Å². The summed E-state index contributed by atoms with van der Waals surface area (Å²) in [6.07, 6.45) is 0.805. The first-order valence-corrected chi connectivity index (χ1v) is 9.98. The van der Waals surface area contributed by atoms with E-state index in [1.54, 1.807) is 37.4 Å². The van der Waals surface area contributed by atoms with Gasteiger partial charge in [-0.15, -0.1) is 0 Å². The lowest BCUT2D eigenvalue weighted by Crippen LogP contribution is -2.36. The summed E-state index contributed by atoms with van der Waals surface area (Å²) in [5.41, 5.74) is 2.83. The Bertz CT molecular complexity index is 1120. The van der Waals surface area contributed by atoms with E-state index < -0.39 is 0 Å². The normalized spacial score (nSPS) is 11.9. The molecular weight excluding hydrogens is 382 g/mol. The molecule has 1 amide bonds. The standard InChI is InChI=1S/C24H27NO5/c1-6-16(4)25-21(26)13-29-24-22(27)19-11-14(2)15(3)12-20(19)30-23(24)17-7-9-18(28-5)10-8-17/h7-12,16H,6,13H2,1-5H3,(H,25,26)/t16-/m1/s1. The van der Waals surface area contributed by atoms with Crippen LogP contribution < -0.4 is 20.2 Å². The Hall–Kier alpha value is -3.28. The van der Waals surface area contributed by atoms with Crippen LogP contribution in [0.3, 0.4) is 0 Å². The van der Waals surface area contributed by atoms with Crippen LogP contribution in [0.25, 0.3) is 22.3 Å². The number of aryl methyl sites for hydroxylation is 2. The molecule has 1 N–H and O–H groups in total. The van der Waals surface area contributed by atoms with Gasteiger partial charge in [-0.1, -0.05) is 6.92 Å². The number of carbonyl (C=O) groups excluding carboxylic acids is 1. The number of benzene rings is 2. The second kappa shape index (κ2) is 9.03. The van der Waals surface area contributed by atoms with Crippen LogP contribution in [0.5, 0.6) is 11.5 Å². The van der Waals surface area contributed by atoms with E-state index in [4.69, 9.17) is 13.9 Å². The minimum absolute atomic E-state index is 0.0234. The molecule has 0 saturated heterocycles. The summed E-state index contributed by atoms with van der Waals surface area (Å²) in [4.78, 5) is 25.5. The third-order valence-electron chi connectivity index (χ3n) is 5.18. The number of ether oxygens (including phenoxy) is 2. The van der Waals surface area contributed by atoms with Crippen LogP contribution in [0.2, 0.25) is 0 Å². The fourth-order valence-corrected chi connectivity index (χ4v) is 3.05. The average Bonchev–Trinajstić information content (AvgIpc) is 2.74. The lowest BCUT2D eigenvalue weighted by Gasteiger charge is -2.14. The molecule has 1 aromatic heterocycles. The van der Waals surface area contributed by atoms with Gasteiger partial charge >= 0.3 is 0 Å². The molecule has 3 aromatic rings. The molecular formula is C24H27NO5. The van der Waals surface area contributed by atoms with Gasteiger partial charge in [0.25, 0.3) is 5.91 Å². The van der Waals surface area contributed by atoms with E-state index in [0.29, 0.717) is 22.3 Å². The Morgan fingerprint density at radius 3 is 2.43 bits per heavy atom. The smallest absolute Gasteiger partial charge is 0.258 e. The van der Waals surface area contributed by atoms with Gasteiger partial charge in [-0.05, 0) is 74.7 Å². The van der Waals surface area contributed by atoms with E-state index in [9.17, 15) is 9.59 Å². The highest BCUT2D eigenvalue weighted by molar-refractivity contribution is 5.84. The van der Waals surface area contributed by atoms with E-state index in [0.717, 1.165) is 17.5 Å². The van der Waals surface area contributed by atoms with Gasteiger partial charge in [0.15, 0.2) is 12.4 Å². The number of hydrogen-bond donors (Lipinski definition) is 1. The quantitative estimate of drug-likeness (QED) is 0.627. The predicted octanol–water partition coefficient (Wildman–Crippen LogP) is 4.38. The van der Waals surface area contributed by atoms with Crippen molar-refractivity contribution in [2.75, 3.05) is 13.7 Å². The molecule has 30 heavy (non-hydrogen) atoms. The van der Waals surface area contributed by atoms with Crippen molar-refractivity contribution < 1.29 is 18.7 Å². The highest BCUT2D eigenvalue weighted by Crippen LogP contribution is 2.32. The molecule has 0 spiro atoms. The zero-order valence-electron chi connectivity index (χ0n) is 18.0. The Labute approximate surface area is 175 Å². The Kier molecular flexibility index (Phi) is 6.45. The number of methoxy groups -OCH3 is 1. The lowest BCUT2D eigenvalue weighted by atomic mass is 10.0. The number of fused-ring (bicyclic) bond motifs is 1. The molecule has 1 heterocycles. The highest BCUT2D eigenvalue weighted by atomic mass is 16.5. The molecule has 0 aliphatic heterocycles. The van der Waals surface area contributed by atoms with Gasteiger partial charge < -0.3 is 19.2 Å². The van der Waals surface area contributed by atoms with Crippen LogP contribution >= 0.6 is 0 Å². The van der Waals surface area contributed by atoms with Gasteiger partial charge in [0.05, 0.1) is 12.5 Å². The largest absolute Gasteiger partial charge is 0.497 e. The maximum Gasteiger partial charge on any atom is 0.258 e. The van der Waals surface area contributed by atoms with Crippen molar-refractivity contribution in [3.8, 4) is 22.8 Å². The van der Waals surface area contributed by atoms with Crippen LogP contribution in [-0.4, -0.2) is 25.7 Å². The van der Waals surface area contributed by atoms with Crippen LogP contribution in [0.1, 0.15) is 31.4 Å². The van der Waals surface area contributed by atoms with Crippen LogP contribution in [-0.2, 0) is 4.79 Å². The first kappa shape index (κ1) is 21.4. The van der Waals surface area contributed by atoms with E-state index in [2.05, 4.69) is 5.32 Å². The molecule has 6 nitrogen and oxygen atoms in total. The Balaban J connectivity index is 2.09. The molecule has 3 rings (SSSR count). The van der Waals surface area contributed by atoms with Gasteiger partial charge in [0.2, 0.25) is 11.2 Å². The molecule has 0 fully saturated rings. The molecule has 0 unspecified atom stereocenters. The van der Waals surface area contributed by atoms with Crippen molar-refractivity contribution in [3.05, 3.63) is 57.7 Å². The van der Waals surface area contributed by atoms with Gasteiger partial charge in [0.1, 0.15) is 11.3 Å². The zero-order valence-corrected chi connectivity index (χ0v) is 18.0. The second-order valence-corrected chi connectivity index (χ2v) is 7.42. The fraction of sp³-hybridized carbons (Fsp3) is 0.333. The minimum Gasteiger partial charge on any atom is -0.497 e. The van der Waals surface area contributed by atoms with E-state index >= 15 is 0 Å². The number of hydrogen-bond acceptors (Lipinski definition) is 5. The summed E-state index contributed by atoms with van der Waals surface area (Å²) in [6.45, 7) is 7.53. The van der Waals surface area contributed by atoms with Gasteiger partial charge in [-0.2, -0.15) is 0 Å². The third-order valence-corrected chi connectivity index (χ3v) is 5.18. The first-order valence-electron chi connectivity index (χ1n) is 9.98. The van der Waals surface area contributed by atoms with Crippen molar-refractivity contribution in [2.45, 2.75) is 40.2 Å². The third kappa shape index (κ3) is 4.48. The Morgan fingerprint density at radius 2 is 1.80 bits per heavy atom. The molecule has 2 aromatic carbocycles. The summed E-state index contributed by atoms with van der Waals surface area (Å²) in [5, 5.41) is 3.26. The van der Waals surface area contributed by atoms with Crippen molar-refractivity contribution >= 4 is 16.9 Å². The van der Waals surface area contributed by atoms with E-state index in [1.807, 2.05) is 33.8 Å². The number of carbonyl (C=O) groups is 1. The van der Waals surface area contributed by atoms with Crippen molar-refractivity contribution in [1.82, 2.24) is 5.32 Å². The fourth-order valence-electron chi connectivity index (χ4n) is 3.05. The van der Waals surface area contributed by atoms with Crippen molar-refractivity contribution in [1.29, 1.82) is 0 Å². The average molecular weight is 409 g/mol.